The van der Waals surface area contributed by atoms with Crippen LogP contribution in [0.5, 0.6) is 0 Å². The number of aryl methyl sites for hydroxylation is 1. The van der Waals surface area contributed by atoms with Gasteiger partial charge in [0.05, 0.1) is 10.5 Å². The van der Waals surface area contributed by atoms with Crippen LogP contribution < -0.4 is 5.73 Å². The van der Waals surface area contributed by atoms with Gasteiger partial charge in [0.15, 0.2) is 0 Å². The Balaban J connectivity index is 2.33. The molecule has 0 fully saturated rings. The lowest BCUT2D eigenvalue weighted by Gasteiger charge is -2.10. The molecular weight excluding hydrogens is 289 g/mol. The summed E-state index contributed by atoms with van der Waals surface area (Å²) in [6, 6.07) is 8.75. The van der Waals surface area contributed by atoms with Gasteiger partial charge in [-0.25, -0.2) is 4.39 Å². The first-order valence-corrected chi connectivity index (χ1v) is 6.46. The van der Waals surface area contributed by atoms with Gasteiger partial charge in [-0.05, 0) is 52.7 Å². The molecule has 2 rings (SSSR count). The van der Waals surface area contributed by atoms with Crippen LogP contribution in [-0.4, -0.2) is 0 Å². The summed E-state index contributed by atoms with van der Waals surface area (Å²) in [6.45, 7) is 2.04. The van der Waals surface area contributed by atoms with E-state index in [-0.39, 0.29) is 11.9 Å². The van der Waals surface area contributed by atoms with Gasteiger partial charge in [-0.3, -0.25) is 0 Å². The van der Waals surface area contributed by atoms with Crippen LogP contribution in [-0.2, 0) is 0 Å². The molecule has 0 radical (unpaired) electrons. The number of benzene rings is 1. The molecule has 0 aliphatic heterocycles. The van der Waals surface area contributed by atoms with Gasteiger partial charge in [0, 0.05) is 9.75 Å². The molecule has 84 valence electrons. The SMILES string of the molecule is Cc1ccc(C(N)c2ccc(F)c(Br)c2)s1. The molecule has 0 saturated heterocycles. The second-order valence-corrected chi connectivity index (χ2v) is 5.77. The van der Waals surface area contributed by atoms with Crippen molar-refractivity contribution < 1.29 is 4.39 Å². The molecular formula is C12H11BrFNS. The highest BCUT2D eigenvalue weighted by molar-refractivity contribution is 9.10. The van der Waals surface area contributed by atoms with Gasteiger partial charge in [-0.1, -0.05) is 6.07 Å². The lowest BCUT2D eigenvalue weighted by Crippen LogP contribution is -2.10. The summed E-state index contributed by atoms with van der Waals surface area (Å²) in [6.07, 6.45) is 0. The molecule has 2 aromatic rings. The molecule has 0 amide bonds. The first-order chi connectivity index (χ1) is 7.58. The van der Waals surface area contributed by atoms with Gasteiger partial charge in [0.25, 0.3) is 0 Å². The molecule has 1 aromatic heterocycles. The van der Waals surface area contributed by atoms with Crippen LogP contribution in [0.25, 0.3) is 0 Å². The van der Waals surface area contributed by atoms with E-state index >= 15 is 0 Å². The van der Waals surface area contributed by atoms with E-state index in [1.807, 2.05) is 19.1 Å². The van der Waals surface area contributed by atoms with E-state index in [2.05, 4.69) is 15.9 Å². The van der Waals surface area contributed by atoms with Crippen LogP contribution >= 0.6 is 27.3 Å². The van der Waals surface area contributed by atoms with Crippen molar-refractivity contribution in [1.82, 2.24) is 0 Å². The van der Waals surface area contributed by atoms with Crippen LogP contribution in [0.3, 0.4) is 0 Å². The number of halogens is 2. The van der Waals surface area contributed by atoms with Crippen molar-refractivity contribution in [2.24, 2.45) is 5.73 Å². The monoisotopic (exact) mass is 299 g/mol. The summed E-state index contributed by atoms with van der Waals surface area (Å²) in [4.78, 5) is 2.32. The van der Waals surface area contributed by atoms with Crippen LogP contribution in [0.15, 0.2) is 34.8 Å². The maximum atomic E-state index is 13.1. The molecule has 1 unspecified atom stereocenters. The van der Waals surface area contributed by atoms with Crippen molar-refractivity contribution in [3.63, 3.8) is 0 Å². The molecule has 1 atom stereocenters. The third-order valence-corrected chi connectivity index (χ3v) is 4.06. The summed E-state index contributed by atoms with van der Waals surface area (Å²) in [7, 11) is 0. The van der Waals surface area contributed by atoms with Gasteiger partial charge in [-0.2, -0.15) is 0 Å². The molecule has 1 nitrogen and oxygen atoms in total. The van der Waals surface area contributed by atoms with Crippen LogP contribution in [0.4, 0.5) is 4.39 Å². The Morgan fingerprint density at radius 1 is 1.31 bits per heavy atom. The fraction of sp³-hybridized carbons (Fsp3) is 0.167. The Kier molecular flexibility index (Phi) is 3.42. The summed E-state index contributed by atoms with van der Waals surface area (Å²) in [5, 5.41) is 0. The Labute approximate surface area is 106 Å². The highest BCUT2D eigenvalue weighted by atomic mass is 79.9. The van der Waals surface area contributed by atoms with Gasteiger partial charge in [-0.15, -0.1) is 11.3 Å². The number of nitrogens with two attached hydrogens (primary N) is 1. The van der Waals surface area contributed by atoms with Crippen molar-refractivity contribution in [2.45, 2.75) is 13.0 Å². The predicted octanol–water partition coefficient (Wildman–Crippen LogP) is 4.01. The van der Waals surface area contributed by atoms with Crippen molar-refractivity contribution in [3.8, 4) is 0 Å². The third-order valence-electron chi connectivity index (χ3n) is 2.37. The maximum Gasteiger partial charge on any atom is 0.137 e. The molecule has 0 aliphatic carbocycles. The highest BCUT2D eigenvalue weighted by Gasteiger charge is 2.12. The van der Waals surface area contributed by atoms with Crippen molar-refractivity contribution in [2.75, 3.05) is 0 Å². The zero-order valence-corrected chi connectivity index (χ0v) is 11.1. The predicted molar refractivity (Wildman–Crippen MR) is 69.2 cm³/mol. The fourth-order valence-corrected chi connectivity index (χ4v) is 2.79. The highest BCUT2D eigenvalue weighted by Crippen LogP contribution is 2.28. The third kappa shape index (κ3) is 2.34. The first kappa shape index (κ1) is 11.8. The normalized spacial score (nSPS) is 12.8. The molecule has 0 spiro atoms. The number of thiophene rings is 1. The standard InChI is InChI=1S/C12H11BrFNS/c1-7-2-5-11(16-7)12(15)8-3-4-10(14)9(13)6-8/h2-6,12H,15H2,1H3. The van der Waals surface area contributed by atoms with E-state index in [1.54, 1.807) is 23.5 Å². The molecule has 1 heterocycles. The second kappa shape index (κ2) is 4.65. The zero-order chi connectivity index (χ0) is 11.7. The number of hydrogen-bond acceptors (Lipinski definition) is 2. The Morgan fingerprint density at radius 3 is 2.62 bits per heavy atom. The average Bonchev–Trinajstić information content (AvgIpc) is 2.68. The molecule has 0 aliphatic rings. The largest absolute Gasteiger partial charge is 0.320 e. The number of rotatable bonds is 2. The van der Waals surface area contributed by atoms with Crippen LogP contribution in [0.2, 0.25) is 0 Å². The van der Waals surface area contributed by atoms with E-state index in [9.17, 15) is 4.39 Å². The van der Waals surface area contributed by atoms with E-state index < -0.39 is 0 Å². The number of hydrogen-bond donors (Lipinski definition) is 1. The van der Waals surface area contributed by atoms with Gasteiger partial charge in [0.1, 0.15) is 5.82 Å². The average molecular weight is 300 g/mol. The fourth-order valence-electron chi connectivity index (χ4n) is 1.49. The second-order valence-electron chi connectivity index (χ2n) is 3.60. The zero-order valence-electron chi connectivity index (χ0n) is 8.71. The Morgan fingerprint density at radius 2 is 2.06 bits per heavy atom. The Hall–Kier alpha value is -0.710. The summed E-state index contributed by atoms with van der Waals surface area (Å²) in [5.74, 6) is -0.265. The van der Waals surface area contributed by atoms with Crippen LogP contribution in [0, 0.1) is 12.7 Å². The smallest absolute Gasteiger partial charge is 0.137 e. The van der Waals surface area contributed by atoms with E-state index in [1.165, 1.54) is 10.9 Å². The van der Waals surface area contributed by atoms with Crippen LogP contribution in [0.1, 0.15) is 21.4 Å². The quantitative estimate of drug-likeness (QED) is 0.891. The minimum atomic E-state index is -0.265. The lowest BCUT2D eigenvalue weighted by atomic mass is 10.1. The summed E-state index contributed by atoms with van der Waals surface area (Å²) >= 11 is 4.83. The minimum Gasteiger partial charge on any atom is -0.320 e. The summed E-state index contributed by atoms with van der Waals surface area (Å²) in [5.41, 5.74) is 7.03. The minimum absolute atomic E-state index is 0.185. The molecule has 1 aromatic carbocycles. The van der Waals surface area contributed by atoms with Crippen molar-refractivity contribution in [1.29, 1.82) is 0 Å². The van der Waals surface area contributed by atoms with Gasteiger partial charge < -0.3 is 5.73 Å². The van der Waals surface area contributed by atoms with E-state index in [0.717, 1.165) is 10.4 Å². The van der Waals surface area contributed by atoms with E-state index in [0.29, 0.717) is 4.47 Å². The first-order valence-electron chi connectivity index (χ1n) is 4.85. The topological polar surface area (TPSA) is 26.0 Å². The molecule has 2 N–H and O–H groups in total. The lowest BCUT2D eigenvalue weighted by molar-refractivity contribution is 0.619. The molecule has 4 heteroatoms. The van der Waals surface area contributed by atoms with Gasteiger partial charge >= 0.3 is 0 Å². The van der Waals surface area contributed by atoms with Gasteiger partial charge in [0.2, 0.25) is 0 Å². The van der Waals surface area contributed by atoms with E-state index in [4.69, 9.17) is 5.73 Å². The summed E-state index contributed by atoms with van der Waals surface area (Å²) < 4.78 is 13.5. The Bertz CT molecular complexity index is 509. The molecule has 0 bridgehead atoms. The molecule has 0 saturated carbocycles. The molecule has 16 heavy (non-hydrogen) atoms. The van der Waals surface area contributed by atoms with Crippen molar-refractivity contribution >= 4 is 27.3 Å². The maximum absolute atomic E-state index is 13.1. The van der Waals surface area contributed by atoms with Crippen molar-refractivity contribution in [3.05, 3.63) is 55.9 Å².